The third-order valence-corrected chi connectivity index (χ3v) is 2.85. The lowest BCUT2D eigenvalue weighted by molar-refractivity contribution is -0.145. The van der Waals surface area contributed by atoms with Crippen LogP contribution in [0.5, 0.6) is 0 Å². The van der Waals surface area contributed by atoms with Gasteiger partial charge < -0.3 is 5.11 Å². The highest BCUT2D eigenvalue weighted by Gasteiger charge is 2.33. The maximum atomic E-state index is 12.2. The minimum absolute atomic E-state index is 0.00627. The molecule has 0 aromatic carbocycles. The van der Waals surface area contributed by atoms with Crippen molar-refractivity contribution in [3.63, 3.8) is 0 Å². The van der Waals surface area contributed by atoms with E-state index in [1.165, 1.54) is 0 Å². The molecule has 0 unspecified atom stereocenters. The third kappa shape index (κ3) is 3.22. The lowest BCUT2D eigenvalue weighted by Crippen LogP contribution is -2.29. The normalized spacial score (nSPS) is 22.1. The predicted molar refractivity (Wildman–Crippen MR) is 57.8 cm³/mol. The zero-order valence-electron chi connectivity index (χ0n) is 9.61. The zero-order valence-corrected chi connectivity index (χ0v) is 9.61. The molecule has 0 amide bonds. The smallest absolute Gasteiger partial charge is 0.419 e. The number of carboxylic acid groups (broad SMARTS) is 1. The molecule has 0 spiro atoms. The Bertz CT molecular complexity index is 537. The molecule has 1 fully saturated rings. The summed E-state index contributed by atoms with van der Waals surface area (Å²) in [6.45, 7) is 0. The van der Waals surface area contributed by atoms with Gasteiger partial charge in [-0.25, -0.2) is 9.97 Å². The van der Waals surface area contributed by atoms with Crippen molar-refractivity contribution in [1.29, 1.82) is 0 Å². The molecule has 19 heavy (non-hydrogen) atoms. The molecule has 1 saturated carbocycles. The van der Waals surface area contributed by atoms with Crippen LogP contribution in [0.3, 0.4) is 0 Å². The van der Waals surface area contributed by atoms with Crippen molar-refractivity contribution in [2.24, 2.45) is 11.8 Å². The van der Waals surface area contributed by atoms with Crippen LogP contribution in [-0.2, 0) is 11.0 Å². The Morgan fingerprint density at radius 3 is 2.37 bits per heavy atom. The number of nitrogens with zero attached hydrogens (tertiary/aromatic N) is 2. The molecule has 7 heteroatoms. The predicted octanol–water partition coefficient (Wildman–Crippen LogP) is 1.96. The van der Waals surface area contributed by atoms with Gasteiger partial charge in [-0.05, 0) is 18.8 Å². The summed E-state index contributed by atoms with van der Waals surface area (Å²) >= 11 is 0. The van der Waals surface area contributed by atoms with Crippen molar-refractivity contribution in [1.82, 2.24) is 9.97 Å². The summed E-state index contributed by atoms with van der Waals surface area (Å²) in [5.74, 6) is 4.06. The van der Waals surface area contributed by atoms with Crippen LogP contribution in [-0.4, -0.2) is 21.0 Å². The molecule has 0 saturated heterocycles. The summed E-state index contributed by atoms with van der Waals surface area (Å²) in [5.41, 5.74) is -0.923. The van der Waals surface area contributed by atoms with Crippen molar-refractivity contribution in [2.75, 3.05) is 0 Å². The summed E-state index contributed by atoms with van der Waals surface area (Å²) < 4.78 is 36.7. The summed E-state index contributed by atoms with van der Waals surface area (Å²) in [4.78, 5) is 17.6. The third-order valence-electron chi connectivity index (χ3n) is 2.85. The van der Waals surface area contributed by atoms with Crippen molar-refractivity contribution >= 4 is 5.97 Å². The number of alkyl halides is 3. The number of rotatable bonds is 1. The van der Waals surface area contributed by atoms with Crippen molar-refractivity contribution in [3.8, 4) is 11.8 Å². The van der Waals surface area contributed by atoms with Crippen LogP contribution < -0.4 is 0 Å². The second-order valence-corrected chi connectivity index (χ2v) is 4.27. The Labute approximate surface area is 106 Å². The first kappa shape index (κ1) is 13.3. The number of hydrogen-bond donors (Lipinski definition) is 1. The number of carboxylic acids is 1. The fourth-order valence-electron chi connectivity index (χ4n) is 1.64. The Morgan fingerprint density at radius 1 is 1.32 bits per heavy atom. The van der Waals surface area contributed by atoms with E-state index in [2.05, 4.69) is 21.8 Å². The first-order valence-electron chi connectivity index (χ1n) is 5.50. The van der Waals surface area contributed by atoms with Crippen LogP contribution in [0.15, 0.2) is 12.4 Å². The summed E-state index contributed by atoms with van der Waals surface area (Å²) in [6, 6.07) is 0. The number of aliphatic carboxylic acids is 1. The molecule has 1 aliphatic carbocycles. The molecule has 0 bridgehead atoms. The van der Waals surface area contributed by atoms with Crippen molar-refractivity contribution < 1.29 is 23.1 Å². The largest absolute Gasteiger partial charge is 0.481 e. The average Bonchev–Trinajstić information content (AvgIpc) is 2.25. The summed E-state index contributed by atoms with van der Waals surface area (Å²) in [7, 11) is 0. The van der Waals surface area contributed by atoms with E-state index in [0.717, 1.165) is 0 Å². The molecule has 0 radical (unpaired) electrons. The number of carbonyl (C=O) groups is 1. The molecule has 4 nitrogen and oxygen atoms in total. The lowest BCUT2D eigenvalue weighted by Gasteiger charge is -2.27. The number of halogens is 3. The topological polar surface area (TPSA) is 63.1 Å². The minimum Gasteiger partial charge on any atom is -0.481 e. The van der Waals surface area contributed by atoms with Gasteiger partial charge >= 0.3 is 12.1 Å². The SMILES string of the molecule is O=C(O)C1CC(C#Cc2ncc(C(F)(F)F)cn2)C1. The quantitative estimate of drug-likeness (QED) is 0.792. The molecule has 1 heterocycles. The van der Waals surface area contributed by atoms with Crippen LogP contribution in [0, 0.1) is 23.7 Å². The van der Waals surface area contributed by atoms with Gasteiger partial charge in [0, 0.05) is 18.3 Å². The van der Waals surface area contributed by atoms with Crippen LogP contribution >= 0.6 is 0 Å². The van der Waals surface area contributed by atoms with Gasteiger partial charge in [0.2, 0.25) is 5.82 Å². The van der Waals surface area contributed by atoms with Gasteiger partial charge in [-0.3, -0.25) is 4.79 Å². The van der Waals surface area contributed by atoms with Gasteiger partial charge in [0.1, 0.15) is 0 Å². The fourth-order valence-corrected chi connectivity index (χ4v) is 1.64. The molecule has 1 N–H and O–H groups in total. The van der Waals surface area contributed by atoms with E-state index < -0.39 is 17.7 Å². The van der Waals surface area contributed by atoms with E-state index in [4.69, 9.17) is 5.11 Å². The Morgan fingerprint density at radius 2 is 1.89 bits per heavy atom. The van der Waals surface area contributed by atoms with Gasteiger partial charge in [0.15, 0.2) is 0 Å². The number of aromatic nitrogens is 2. The Hall–Kier alpha value is -2.10. The molecular weight excluding hydrogens is 261 g/mol. The summed E-state index contributed by atoms with van der Waals surface area (Å²) in [5, 5.41) is 8.66. The second kappa shape index (κ2) is 4.88. The fraction of sp³-hybridized carbons (Fsp3) is 0.417. The van der Waals surface area contributed by atoms with Gasteiger partial charge in [0.05, 0.1) is 11.5 Å². The minimum atomic E-state index is -4.46. The zero-order chi connectivity index (χ0) is 14.0. The van der Waals surface area contributed by atoms with Gasteiger partial charge in [-0.2, -0.15) is 13.2 Å². The highest BCUT2D eigenvalue weighted by atomic mass is 19.4. The number of hydrogen-bond acceptors (Lipinski definition) is 3. The van der Waals surface area contributed by atoms with Crippen LogP contribution in [0.1, 0.15) is 24.2 Å². The van der Waals surface area contributed by atoms with Gasteiger partial charge in [0.25, 0.3) is 0 Å². The lowest BCUT2D eigenvalue weighted by atomic mass is 9.75. The first-order valence-corrected chi connectivity index (χ1v) is 5.50. The van der Waals surface area contributed by atoms with Gasteiger partial charge in [-0.15, -0.1) is 0 Å². The van der Waals surface area contributed by atoms with E-state index in [1.807, 2.05) is 0 Å². The van der Waals surface area contributed by atoms with Crippen molar-refractivity contribution in [2.45, 2.75) is 19.0 Å². The maximum absolute atomic E-state index is 12.2. The maximum Gasteiger partial charge on any atom is 0.419 e. The molecule has 0 atom stereocenters. The molecule has 1 aromatic heterocycles. The molecular formula is C12H9F3N2O2. The van der Waals surface area contributed by atoms with E-state index in [-0.39, 0.29) is 17.7 Å². The van der Waals surface area contributed by atoms with Crippen LogP contribution in [0.4, 0.5) is 13.2 Å². The summed E-state index contributed by atoms with van der Waals surface area (Å²) in [6.07, 6.45) is -2.18. The molecule has 0 aliphatic heterocycles. The molecule has 2 rings (SSSR count). The van der Waals surface area contributed by atoms with Crippen LogP contribution in [0.25, 0.3) is 0 Å². The van der Waals surface area contributed by atoms with Crippen LogP contribution in [0.2, 0.25) is 0 Å². The standard InChI is InChI=1S/C12H9F3N2O2/c13-12(14,15)9-5-16-10(17-6-9)2-1-7-3-8(4-7)11(18)19/h5-8H,3-4H2,(H,18,19). The highest BCUT2D eigenvalue weighted by Crippen LogP contribution is 2.33. The van der Waals surface area contributed by atoms with Gasteiger partial charge in [-0.1, -0.05) is 5.92 Å². The monoisotopic (exact) mass is 270 g/mol. The van der Waals surface area contributed by atoms with E-state index in [0.29, 0.717) is 25.2 Å². The van der Waals surface area contributed by atoms with E-state index >= 15 is 0 Å². The molecule has 100 valence electrons. The Kier molecular flexibility index (Phi) is 3.42. The Balaban J connectivity index is 1.97. The second-order valence-electron chi connectivity index (χ2n) is 4.27. The molecule has 1 aliphatic rings. The van der Waals surface area contributed by atoms with E-state index in [9.17, 15) is 18.0 Å². The van der Waals surface area contributed by atoms with Crippen molar-refractivity contribution in [3.05, 3.63) is 23.8 Å². The average molecular weight is 270 g/mol. The highest BCUT2D eigenvalue weighted by molar-refractivity contribution is 5.71. The van der Waals surface area contributed by atoms with E-state index in [1.54, 1.807) is 0 Å². The molecule has 1 aromatic rings. The first-order chi connectivity index (χ1) is 8.86.